The highest BCUT2D eigenvalue weighted by Gasteiger charge is 2.26. The highest BCUT2D eigenvalue weighted by molar-refractivity contribution is 5.75. The van der Waals surface area contributed by atoms with E-state index in [0.717, 1.165) is 0 Å². The molecule has 0 aromatic rings. The third kappa shape index (κ3) is 9.15. The van der Waals surface area contributed by atoms with Gasteiger partial charge in [0.2, 0.25) is 0 Å². The molecule has 0 aromatic carbocycles. The van der Waals surface area contributed by atoms with Crippen molar-refractivity contribution in [2.24, 2.45) is 11.8 Å². The Labute approximate surface area is 109 Å². The molecule has 0 bridgehead atoms. The molecule has 0 rings (SSSR count). The lowest BCUT2D eigenvalue weighted by Crippen LogP contribution is -2.41. The van der Waals surface area contributed by atoms with Gasteiger partial charge in [0.25, 0.3) is 0 Å². The Morgan fingerprint density at radius 1 is 1.21 bits per heavy atom. The Balaban J connectivity index is 3.84. The summed E-state index contributed by atoms with van der Waals surface area (Å²) >= 11 is 0. The van der Waals surface area contributed by atoms with Gasteiger partial charge in [-0.25, -0.2) is 4.79 Å². The first-order valence-electron chi connectivity index (χ1n) is 5.94. The van der Waals surface area contributed by atoms with Gasteiger partial charge in [0.1, 0.15) is 0 Å². The largest absolute Gasteiger partial charge is 0.481 e. The van der Waals surface area contributed by atoms with Gasteiger partial charge in [0.05, 0.1) is 5.92 Å². The quantitative estimate of drug-likeness (QED) is 0.625. The molecular formula is C11H19F3N2O3. The number of hydrogen-bond acceptors (Lipinski definition) is 2. The molecule has 0 heterocycles. The van der Waals surface area contributed by atoms with Crippen LogP contribution in [0.1, 0.15) is 26.7 Å². The van der Waals surface area contributed by atoms with Crippen molar-refractivity contribution in [1.82, 2.24) is 10.6 Å². The molecule has 0 aliphatic heterocycles. The SMILES string of the molecule is CC(C)C(CNC(=O)NCCCC(F)(F)F)C(=O)O. The fourth-order valence-electron chi connectivity index (χ4n) is 1.36. The average molecular weight is 284 g/mol. The number of carbonyl (C=O) groups is 2. The zero-order chi connectivity index (χ0) is 15.1. The number of halogens is 3. The van der Waals surface area contributed by atoms with E-state index in [1.165, 1.54) is 0 Å². The molecule has 3 N–H and O–H groups in total. The Morgan fingerprint density at radius 2 is 1.79 bits per heavy atom. The van der Waals surface area contributed by atoms with Gasteiger partial charge < -0.3 is 15.7 Å². The molecule has 2 amide bonds. The van der Waals surface area contributed by atoms with Gasteiger partial charge in [0.15, 0.2) is 0 Å². The molecule has 0 spiro atoms. The van der Waals surface area contributed by atoms with E-state index in [1.807, 2.05) is 0 Å². The highest BCUT2D eigenvalue weighted by atomic mass is 19.4. The van der Waals surface area contributed by atoms with E-state index < -0.39 is 30.5 Å². The van der Waals surface area contributed by atoms with E-state index in [9.17, 15) is 22.8 Å². The number of carboxylic acids is 1. The van der Waals surface area contributed by atoms with E-state index in [1.54, 1.807) is 13.8 Å². The van der Waals surface area contributed by atoms with Crippen LogP contribution in [0.4, 0.5) is 18.0 Å². The maximum Gasteiger partial charge on any atom is 0.389 e. The third-order valence-electron chi connectivity index (χ3n) is 2.53. The average Bonchev–Trinajstić information content (AvgIpc) is 2.22. The van der Waals surface area contributed by atoms with Crippen molar-refractivity contribution in [2.45, 2.75) is 32.9 Å². The van der Waals surface area contributed by atoms with Crippen LogP contribution >= 0.6 is 0 Å². The molecule has 1 atom stereocenters. The second kappa shape index (κ2) is 7.85. The first-order chi connectivity index (χ1) is 8.63. The van der Waals surface area contributed by atoms with Crippen molar-refractivity contribution in [3.8, 4) is 0 Å². The summed E-state index contributed by atoms with van der Waals surface area (Å²) in [5.41, 5.74) is 0. The molecule has 0 aliphatic carbocycles. The lowest BCUT2D eigenvalue weighted by molar-refractivity contribution is -0.143. The Bertz CT molecular complexity index is 306. The van der Waals surface area contributed by atoms with Gasteiger partial charge in [-0.2, -0.15) is 13.2 Å². The minimum Gasteiger partial charge on any atom is -0.481 e. The monoisotopic (exact) mass is 284 g/mol. The third-order valence-corrected chi connectivity index (χ3v) is 2.53. The van der Waals surface area contributed by atoms with Crippen molar-refractivity contribution in [1.29, 1.82) is 0 Å². The number of amides is 2. The molecule has 0 aliphatic rings. The van der Waals surface area contributed by atoms with Crippen LogP contribution in [0.15, 0.2) is 0 Å². The molecule has 112 valence electrons. The van der Waals surface area contributed by atoms with Crippen molar-refractivity contribution < 1.29 is 27.9 Å². The lowest BCUT2D eigenvalue weighted by Gasteiger charge is -2.17. The van der Waals surface area contributed by atoms with Crippen LogP contribution in [-0.2, 0) is 4.79 Å². The summed E-state index contributed by atoms with van der Waals surface area (Å²) in [5.74, 6) is -1.89. The maximum atomic E-state index is 11.8. The van der Waals surface area contributed by atoms with Gasteiger partial charge in [-0.05, 0) is 12.3 Å². The van der Waals surface area contributed by atoms with Gasteiger partial charge in [-0.1, -0.05) is 13.8 Å². The van der Waals surface area contributed by atoms with Gasteiger partial charge in [-0.15, -0.1) is 0 Å². The van der Waals surface area contributed by atoms with E-state index in [0.29, 0.717) is 0 Å². The topological polar surface area (TPSA) is 78.4 Å². The predicted octanol–water partition coefficient (Wildman–Crippen LogP) is 1.98. The number of carboxylic acid groups (broad SMARTS) is 1. The number of hydrogen-bond donors (Lipinski definition) is 3. The summed E-state index contributed by atoms with van der Waals surface area (Å²) in [6.07, 6.45) is -5.40. The minimum absolute atomic E-state index is 0.0574. The Hall–Kier alpha value is -1.47. The van der Waals surface area contributed by atoms with Crippen LogP contribution in [0.25, 0.3) is 0 Å². The highest BCUT2D eigenvalue weighted by Crippen LogP contribution is 2.20. The zero-order valence-electron chi connectivity index (χ0n) is 10.9. The van der Waals surface area contributed by atoms with Crippen LogP contribution in [0.3, 0.4) is 0 Å². The van der Waals surface area contributed by atoms with Crippen molar-refractivity contribution in [3.05, 3.63) is 0 Å². The van der Waals surface area contributed by atoms with Crippen molar-refractivity contribution >= 4 is 12.0 Å². The van der Waals surface area contributed by atoms with E-state index in [2.05, 4.69) is 10.6 Å². The Morgan fingerprint density at radius 3 is 2.21 bits per heavy atom. The normalized spacial score (nSPS) is 13.2. The number of nitrogens with one attached hydrogen (secondary N) is 2. The number of rotatable bonds is 7. The van der Waals surface area contributed by atoms with Gasteiger partial charge in [0, 0.05) is 19.5 Å². The van der Waals surface area contributed by atoms with Crippen molar-refractivity contribution in [2.75, 3.05) is 13.1 Å². The van der Waals surface area contributed by atoms with Gasteiger partial charge in [-0.3, -0.25) is 4.79 Å². The van der Waals surface area contributed by atoms with Crippen LogP contribution < -0.4 is 10.6 Å². The molecule has 0 fully saturated rings. The van der Waals surface area contributed by atoms with E-state index in [-0.39, 0.29) is 25.4 Å². The van der Waals surface area contributed by atoms with Crippen LogP contribution in [0, 0.1) is 11.8 Å². The fraction of sp³-hybridized carbons (Fsp3) is 0.818. The van der Waals surface area contributed by atoms with Crippen LogP contribution in [0.2, 0.25) is 0 Å². The fourth-order valence-corrected chi connectivity index (χ4v) is 1.36. The van der Waals surface area contributed by atoms with Crippen LogP contribution in [-0.4, -0.2) is 36.4 Å². The summed E-state index contributed by atoms with van der Waals surface area (Å²) < 4.78 is 35.5. The molecule has 5 nitrogen and oxygen atoms in total. The summed E-state index contributed by atoms with van der Waals surface area (Å²) in [6.45, 7) is 3.26. The first kappa shape index (κ1) is 17.5. The molecule has 8 heteroatoms. The molecule has 0 aromatic heterocycles. The van der Waals surface area contributed by atoms with Crippen molar-refractivity contribution in [3.63, 3.8) is 0 Å². The van der Waals surface area contributed by atoms with Gasteiger partial charge >= 0.3 is 18.2 Å². The predicted molar refractivity (Wildman–Crippen MR) is 62.7 cm³/mol. The lowest BCUT2D eigenvalue weighted by atomic mass is 9.96. The molecule has 0 saturated carbocycles. The number of aliphatic carboxylic acids is 1. The second-order valence-electron chi connectivity index (χ2n) is 4.54. The molecule has 19 heavy (non-hydrogen) atoms. The summed E-state index contributed by atoms with van der Waals surface area (Å²) in [7, 11) is 0. The van der Waals surface area contributed by atoms with E-state index >= 15 is 0 Å². The standard InChI is InChI=1S/C11H19F3N2O3/c1-7(2)8(9(17)18)6-16-10(19)15-5-3-4-11(12,13)14/h7-8H,3-6H2,1-2H3,(H,17,18)(H2,15,16,19). The number of carbonyl (C=O) groups excluding carboxylic acids is 1. The second-order valence-corrected chi connectivity index (χ2v) is 4.54. The summed E-state index contributed by atoms with van der Waals surface area (Å²) in [6, 6.07) is -0.658. The van der Waals surface area contributed by atoms with Crippen LogP contribution in [0.5, 0.6) is 0 Å². The minimum atomic E-state index is -4.23. The number of alkyl halides is 3. The summed E-state index contributed by atoms with van der Waals surface area (Å²) in [5, 5.41) is 13.4. The first-order valence-corrected chi connectivity index (χ1v) is 5.94. The molecule has 0 saturated heterocycles. The van der Waals surface area contributed by atoms with E-state index in [4.69, 9.17) is 5.11 Å². The summed E-state index contributed by atoms with van der Waals surface area (Å²) in [4.78, 5) is 22.0. The smallest absolute Gasteiger partial charge is 0.389 e. The molecule has 0 radical (unpaired) electrons. The maximum absolute atomic E-state index is 11.8. The number of urea groups is 1. The zero-order valence-corrected chi connectivity index (χ0v) is 10.9. The molecule has 1 unspecified atom stereocenters. The molecular weight excluding hydrogens is 265 g/mol. The Kier molecular flexibility index (Phi) is 7.25.